The number of carbonyl (C=O) groups is 1. The van der Waals surface area contributed by atoms with Gasteiger partial charge in [0.15, 0.2) is 0 Å². The fourth-order valence-corrected chi connectivity index (χ4v) is 5.26. The van der Waals surface area contributed by atoms with Gasteiger partial charge in [-0.05, 0) is 56.2 Å². The van der Waals surface area contributed by atoms with Crippen LogP contribution in [0.4, 0.5) is 0 Å². The summed E-state index contributed by atoms with van der Waals surface area (Å²) >= 11 is 0. The molecule has 0 spiro atoms. The molecule has 2 aliphatic heterocycles. The number of rotatable bonds is 5. The van der Waals surface area contributed by atoms with Crippen LogP contribution in [0.2, 0.25) is 0 Å². The quantitative estimate of drug-likeness (QED) is 0.711. The van der Waals surface area contributed by atoms with Gasteiger partial charge in [-0.15, -0.1) is 0 Å². The predicted molar refractivity (Wildman–Crippen MR) is 105 cm³/mol. The Morgan fingerprint density at radius 3 is 2.54 bits per heavy atom. The van der Waals surface area contributed by atoms with E-state index in [1.165, 1.54) is 36.9 Å². The molecule has 3 heteroatoms. The predicted octanol–water partition coefficient (Wildman–Crippen LogP) is 4.82. The summed E-state index contributed by atoms with van der Waals surface area (Å²) < 4.78 is 6.08. The largest absolute Gasteiger partial charge is 0.462 e. The van der Waals surface area contributed by atoms with Crippen LogP contribution in [0.5, 0.6) is 0 Å². The third kappa shape index (κ3) is 3.59. The highest BCUT2D eigenvalue weighted by molar-refractivity contribution is 5.89. The number of carbonyl (C=O) groups excluding carboxylic acids is 1. The molecule has 0 N–H and O–H groups in total. The van der Waals surface area contributed by atoms with Crippen LogP contribution in [0, 0.1) is 5.92 Å². The van der Waals surface area contributed by atoms with Crippen LogP contribution in [0.25, 0.3) is 5.57 Å². The Hall–Kier alpha value is -1.61. The minimum absolute atomic E-state index is 0.00754. The molecule has 1 aromatic carbocycles. The highest BCUT2D eigenvalue weighted by Gasteiger charge is 2.42. The van der Waals surface area contributed by atoms with Gasteiger partial charge in [0.2, 0.25) is 0 Å². The average Bonchev–Trinajstić information content (AvgIpc) is 2.91. The summed E-state index contributed by atoms with van der Waals surface area (Å²) in [4.78, 5) is 15.7. The molecule has 0 radical (unpaired) electrons. The average molecular weight is 354 g/mol. The third-order valence-corrected chi connectivity index (χ3v) is 6.43. The van der Waals surface area contributed by atoms with Gasteiger partial charge in [0.1, 0.15) is 6.10 Å². The SMILES string of the molecule is CCCN1[C@@H]2CC[C@H]1CC(OC(=O)C1CCCC=C1c1ccccc1)C2. The van der Waals surface area contributed by atoms with Gasteiger partial charge in [0.25, 0.3) is 0 Å². The van der Waals surface area contributed by atoms with Crippen molar-refractivity contribution in [3.63, 3.8) is 0 Å². The first kappa shape index (κ1) is 17.8. The molecule has 2 saturated heterocycles. The summed E-state index contributed by atoms with van der Waals surface area (Å²) in [6.45, 7) is 3.45. The Bertz CT molecular complexity index is 639. The van der Waals surface area contributed by atoms with E-state index in [1.807, 2.05) is 18.2 Å². The van der Waals surface area contributed by atoms with E-state index in [0.29, 0.717) is 12.1 Å². The second-order valence-electron chi connectivity index (χ2n) is 8.16. The second kappa shape index (κ2) is 7.96. The van der Waals surface area contributed by atoms with E-state index in [9.17, 15) is 4.79 Å². The van der Waals surface area contributed by atoms with E-state index in [1.54, 1.807) is 0 Å². The third-order valence-electron chi connectivity index (χ3n) is 6.43. The van der Waals surface area contributed by atoms with Gasteiger partial charge in [-0.25, -0.2) is 0 Å². The van der Waals surface area contributed by atoms with Crippen molar-refractivity contribution >= 4 is 11.5 Å². The molecule has 140 valence electrons. The van der Waals surface area contributed by atoms with Crippen LogP contribution in [-0.2, 0) is 9.53 Å². The lowest BCUT2D eigenvalue weighted by Crippen LogP contribution is -2.46. The van der Waals surface area contributed by atoms with Gasteiger partial charge >= 0.3 is 5.97 Å². The molecular formula is C23H31NO2. The monoisotopic (exact) mass is 353 g/mol. The Labute approximate surface area is 157 Å². The maximum atomic E-state index is 13.0. The maximum Gasteiger partial charge on any atom is 0.313 e. The Morgan fingerprint density at radius 1 is 1.12 bits per heavy atom. The minimum Gasteiger partial charge on any atom is -0.462 e. The molecule has 1 aliphatic carbocycles. The topological polar surface area (TPSA) is 29.5 Å². The minimum atomic E-state index is -0.0857. The fraction of sp³-hybridized carbons (Fsp3) is 0.609. The highest BCUT2D eigenvalue weighted by Crippen LogP contribution is 2.39. The van der Waals surface area contributed by atoms with Crippen LogP contribution in [0.3, 0.4) is 0 Å². The van der Waals surface area contributed by atoms with Crippen molar-refractivity contribution in [2.75, 3.05) is 6.54 Å². The van der Waals surface area contributed by atoms with E-state index in [-0.39, 0.29) is 18.0 Å². The number of fused-ring (bicyclic) bond motifs is 2. The molecule has 2 bridgehead atoms. The first-order valence-electron chi connectivity index (χ1n) is 10.5. The molecule has 1 aromatic rings. The number of benzene rings is 1. The first-order valence-corrected chi connectivity index (χ1v) is 10.5. The lowest BCUT2D eigenvalue weighted by atomic mass is 9.83. The summed E-state index contributed by atoms with van der Waals surface area (Å²) in [6.07, 6.45) is 11.2. The summed E-state index contributed by atoms with van der Waals surface area (Å²) in [6, 6.07) is 11.6. The van der Waals surface area contributed by atoms with Crippen molar-refractivity contribution < 1.29 is 9.53 Å². The van der Waals surface area contributed by atoms with Gasteiger partial charge in [-0.3, -0.25) is 9.69 Å². The summed E-state index contributed by atoms with van der Waals surface area (Å²) in [5.74, 6) is -0.0781. The van der Waals surface area contributed by atoms with Crippen LogP contribution in [0.15, 0.2) is 36.4 Å². The van der Waals surface area contributed by atoms with E-state index in [0.717, 1.165) is 32.1 Å². The molecule has 3 nitrogen and oxygen atoms in total. The number of ether oxygens (including phenoxy) is 1. The van der Waals surface area contributed by atoms with Crippen molar-refractivity contribution in [2.24, 2.45) is 5.92 Å². The van der Waals surface area contributed by atoms with Crippen LogP contribution in [-0.4, -0.2) is 35.6 Å². The molecule has 4 rings (SSSR count). The number of hydrogen-bond acceptors (Lipinski definition) is 3. The van der Waals surface area contributed by atoms with E-state index in [4.69, 9.17) is 4.74 Å². The lowest BCUT2D eigenvalue weighted by molar-refractivity contribution is -0.155. The Balaban J connectivity index is 1.42. The smallest absolute Gasteiger partial charge is 0.313 e. The molecule has 3 aliphatic rings. The van der Waals surface area contributed by atoms with Crippen molar-refractivity contribution in [1.29, 1.82) is 0 Å². The first-order chi connectivity index (χ1) is 12.8. The van der Waals surface area contributed by atoms with E-state index < -0.39 is 0 Å². The molecular weight excluding hydrogens is 322 g/mol. The fourth-order valence-electron chi connectivity index (χ4n) is 5.26. The van der Waals surface area contributed by atoms with E-state index >= 15 is 0 Å². The summed E-state index contributed by atoms with van der Waals surface area (Å²) in [5.41, 5.74) is 2.35. The molecule has 0 saturated carbocycles. The Morgan fingerprint density at radius 2 is 1.85 bits per heavy atom. The molecule has 0 aromatic heterocycles. The zero-order valence-corrected chi connectivity index (χ0v) is 15.9. The molecule has 2 unspecified atom stereocenters. The van der Waals surface area contributed by atoms with E-state index in [2.05, 4.69) is 30.0 Å². The normalized spacial score (nSPS) is 31.5. The van der Waals surface area contributed by atoms with Crippen LogP contribution in [0.1, 0.15) is 63.9 Å². The molecule has 0 amide bonds. The standard InChI is InChI=1S/C23H31NO2/c1-2-14-24-18-12-13-19(24)16-20(15-18)26-23(25)22-11-7-6-10-21(22)17-8-4-3-5-9-17/h3-5,8-10,18-20,22H,2,6-7,11-16H2,1H3/t18-,19+,20?,22?. The van der Waals surface area contributed by atoms with Gasteiger partial charge in [-0.2, -0.15) is 0 Å². The van der Waals surface area contributed by atoms with Crippen LogP contribution < -0.4 is 0 Å². The zero-order valence-electron chi connectivity index (χ0n) is 15.9. The van der Waals surface area contributed by atoms with Crippen molar-refractivity contribution in [3.05, 3.63) is 42.0 Å². The van der Waals surface area contributed by atoms with Gasteiger partial charge in [-0.1, -0.05) is 43.3 Å². The number of piperidine rings is 1. The molecule has 2 fully saturated rings. The van der Waals surface area contributed by atoms with Gasteiger partial charge in [0, 0.05) is 24.9 Å². The van der Waals surface area contributed by atoms with Crippen molar-refractivity contribution in [3.8, 4) is 0 Å². The molecule has 4 atom stereocenters. The van der Waals surface area contributed by atoms with Gasteiger partial charge < -0.3 is 4.74 Å². The van der Waals surface area contributed by atoms with Crippen LogP contribution >= 0.6 is 0 Å². The van der Waals surface area contributed by atoms with Gasteiger partial charge in [0.05, 0.1) is 5.92 Å². The summed E-state index contributed by atoms with van der Waals surface area (Å²) in [5, 5.41) is 0. The summed E-state index contributed by atoms with van der Waals surface area (Å²) in [7, 11) is 0. The highest BCUT2D eigenvalue weighted by atomic mass is 16.5. The maximum absolute atomic E-state index is 13.0. The zero-order chi connectivity index (χ0) is 17.9. The number of esters is 1. The number of allylic oxidation sites excluding steroid dienone is 1. The number of nitrogens with zero attached hydrogens (tertiary/aromatic N) is 1. The van der Waals surface area contributed by atoms with Crippen molar-refractivity contribution in [2.45, 2.75) is 76.5 Å². The lowest BCUT2D eigenvalue weighted by Gasteiger charge is -2.39. The molecule has 26 heavy (non-hydrogen) atoms. The second-order valence-corrected chi connectivity index (χ2v) is 8.16. The van der Waals surface area contributed by atoms with Crippen molar-refractivity contribution in [1.82, 2.24) is 4.90 Å². The molecule has 2 heterocycles. The number of hydrogen-bond donors (Lipinski definition) is 0. The Kier molecular flexibility index (Phi) is 5.44.